The van der Waals surface area contributed by atoms with Crippen LogP contribution in [0.25, 0.3) is 0 Å². The molecule has 2 aromatic heterocycles. The second-order valence-corrected chi connectivity index (χ2v) is 6.94. The van der Waals surface area contributed by atoms with Crippen LogP contribution in [-0.2, 0) is 16.4 Å². The lowest BCUT2D eigenvalue weighted by Crippen LogP contribution is -2.23. The zero-order valence-electron chi connectivity index (χ0n) is 11.1. The number of nitrogens with one attached hydrogen (secondary N) is 1. The van der Waals surface area contributed by atoms with E-state index in [0.717, 1.165) is 31.5 Å². The van der Waals surface area contributed by atoms with E-state index in [1.54, 1.807) is 6.07 Å². The molecule has 0 aliphatic carbocycles. The number of rotatable bonds is 4. The first kappa shape index (κ1) is 13.3. The van der Waals surface area contributed by atoms with Gasteiger partial charge in [0.2, 0.25) is 14.9 Å². The lowest BCUT2D eigenvalue weighted by Gasteiger charge is -2.21. The van der Waals surface area contributed by atoms with E-state index in [-0.39, 0.29) is 11.1 Å². The molecule has 0 unspecified atom stereocenters. The summed E-state index contributed by atoms with van der Waals surface area (Å²) in [4.78, 5) is 6.41. The Morgan fingerprint density at radius 2 is 2.35 bits per heavy atom. The molecule has 0 saturated carbocycles. The summed E-state index contributed by atoms with van der Waals surface area (Å²) in [5.41, 5.74) is 0. The van der Waals surface area contributed by atoms with Gasteiger partial charge in [0.1, 0.15) is 17.9 Å². The maximum Gasteiger partial charge on any atom is 0.217 e. The van der Waals surface area contributed by atoms with Crippen LogP contribution < -0.4 is 0 Å². The fraction of sp³-hybridized carbons (Fsp3) is 0.500. The SMILES string of the molecule is CS(=O)(=O)c1ccc(CN2CCC[C@H]2c2ncn[nH]2)o1. The molecule has 1 saturated heterocycles. The molecule has 1 N–H and O–H groups in total. The minimum Gasteiger partial charge on any atom is -0.448 e. The van der Waals surface area contributed by atoms with Gasteiger partial charge in [-0.2, -0.15) is 5.10 Å². The number of sulfone groups is 1. The van der Waals surface area contributed by atoms with E-state index < -0.39 is 9.84 Å². The van der Waals surface area contributed by atoms with E-state index in [2.05, 4.69) is 20.1 Å². The molecule has 0 radical (unpaired) electrons. The van der Waals surface area contributed by atoms with Gasteiger partial charge in [-0.15, -0.1) is 0 Å². The highest BCUT2D eigenvalue weighted by atomic mass is 32.2. The molecule has 0 amide bonds. The van der Waals surface area contributed by atoms with Crippen molar-refractivity contribution in [2.45, 2.75) is 30.5 Å². The highest BCUT2D eigenvalue weighted by Gasteiger charge is 2.29. The van der Waals surface area contributed by atoms with Gasteiger partial charge < -0.3 is 4.42 Å². The second kappa shape index (κ2) is 5.02. The number of furan rings is 1. The van der Waals surface area contributed by atoms with Crippen molar-refractivity contribution in [3.63, 3.8) is 0 Å². The summed E-state index contributed by atoms with van der Waals surface area (Å²) in [6.07, 6.45) is 4.73. The first-order valence-electron chi connectivity index (χ1n) is 6.42. The van der Waals surface area contributed by atoms with Crippen LogP contribution in [0.2, 0.25) is 0 Å². The quantitative estimate of drug-likeness (QED) is 0.909. The van der Waals surface area contributed by atoms with E-state index >= 15 is 0 Å². The van der Waals surface area contributed by atoms with Gasteiger partial charge in [-0.05, 0) is 31.5 Å². The van der Waals surface area contributed by atoms with Crippen LogP contribution in [0, 0.1) is 0 Å². The van der Waals surface area contributed by atoms with Gasteiger partial charge in [0.05, 0.1) is 12.6 Å². The maximum atomic E-state index is 11.4. The molecule has 1 aliphatic rings. The van der Waals surface area contributed by atoms with Gasteiger partial charge in [0.15, 0.2) is 0 Å². The van der Waals surface area contributed by atoms with Crippen molar-refractivity contribution < 1.29 is 12.8 Å². The van der Waals surface area contributed by atoms with Gasteiger partial charge >= 0.3 is 0 Å². The summed E-state index contributed by atoms with van der Waals surface area (Å²) in [6.45, 7) is 1.50. The van der Waals surface area contributed by atoms with Crippen LogP contribution in [0.5, 0.6) is 0 Å². The molecule has 0 spiro atoms. The predicted molar refractivity (Wildman–Crippen MR) is 70.6 cm³/mol. The Morgan fingerprint density at radius 1 is 1.50 bits per heavy atom. The van der Waals surface area contributed by atoms with E-state index in [4.69, 9.17) is 4.42 Å². The Labute approximate surface area is 116 Å². The third kappa shape index (κ3) is 2.61. The molecular weight excluding hydrogens is 280 g/mol. The van der Waals surface area contributed by atoms with Crippen molar-refractivity contribution in [2.75, 3.05) is 12.8 Å². The molecule has 1 aliphatic heterocycles. The monoisotopic (exact) mass is 296 g/mol. The first-order valence-corrected chi connectivity index (χ1v) is 8.31. The van der Waals surface area contributed by atoms with Gasteiger partial charge in [-0.1, -0.05) is 0 Å². The number of hydrogen-bond acceptors (Lipinski definition) is 6. The number of H-pyrrole nitrogens is 1. The fourth-order valence-electron chi connectivity index (χ4n) is 2.54. The maximum absolute atomic E-state index is 11.4. The van der Waals surface area contributed by atoms with Crippen LogP contribution in [0.15, 0.2) is 28.0 Å². The number of likely N-dealkylation sites (tertiary alicyclic amines) is 1. The van der Waals surface area contributed by atoms with E-state index in [9.17, 15) is 8.42 Å². The molecule has 8 heteroatoms. The van der Waals surface area contributed by atoms with Crippen molar-refractivity contribution in [1.29, 1.82) is 0 Å². The topological polar surface area (TPSA) is 92.1 Å². The number of nitrogens with zero attached hydrogens (tertiary/aromatic N) is 3. The summed E-state index contributed by atoms with van der Waals surface area (Å²) >= 11 is 0. The zero-order valence-corrected chi connectivity index (χ0v) is 11.9. The van der Waals surface area contributed by atoms with E-state index in [0.29, 0.717) is 12.3 Å². The van der Waals surface area contributed by atoms with Crippen LogP contribution in [0.4, 0.5) is 0 Å². The molecule has 2 aromatic rings. The molecule has 1 fully saturated rings. The molecule has 1 atom stereocenters. The van der Waals surface area contributed by atoms with Crippen LogP contribution in [-0.4, -0.2) is 41.3 Å². The Balaban J connectivity index is 1.75. The fourth-order valence-corrected chi connectivity index (χ4v) is 3.12. The molecule has 0 bridgehead atoms. The van der Waals surface area contributed by atoms with Crippen LogP contribution >= 0.6 is 0 Å². The largest absolute Gasteiger partial charge is 0.448 e. The first-order chi connectivity index (χ1) is 9.54. The third-order valence-electron chi connectivity index (χ3n) is 3.47. The highest BCUT2D eigenvalue weighted by Crippen LogP contribution is 2.31. The van der Waals surface area contributed by atoms with Gasteiger partial charge in [-0.3, -0.25) is 10.00 Å². The van der Waals surface area contributed by atoms with Crippen LogP contribution in [0.3, 0.4) is 0 Å². The average Bonchev–Trinajstić information content (AvgIpc) is 3.08. The lowest BCUT2D eigenvalue weighted by atomic mass is 10.2. The highest BCUT2D eigenvalue weighted by molar-refractivity contribution is 7.90. The van der Waals surface area contributed by atoms with Gasteiger partial charge in [0.25, 0.3) is 0 Å². The van der Waals surface area contributed by atoms with Crippen molar-refractivity contribution in [3.05, 3.63) is 30.0 Å². The third-order valence-corrected chi connectivity index (χ3v) is 4.42. The molecule has 3 heterocycles. The second-order valence-electron chi connectivity index (χ2n) is 4.99. The molecule has 0 aromatic carbocycles. The van der Waals surface area contributed by atoms with Crippen molar-refractivity contribution in [1.82, 2.24) is 20.1 Å². The van der Waals surface area contributed by atoms with Crippen molar-refractivity contribution in [2.24, 2.45) is 0 Å². The zero-order chi connectivity index (χ0) is 14.2. The Hall–Kier alpha value is -1.67. The van der Waals surface area contributed by atoms with Crippen molar-refractivity contribution >= 4 is 9.84 Å². The molecule has 7 nitrogen and oxygen atoms in total. The Morgan fingerprint density at radius 3 is 3.00 bits per heavy atom. The Kier molecular flexibility index (Phi) is 3.35. The minimum absolute atomic E-state index is 0.0166. The Bertz CT molecular complexity index is 677. The van der Waals surface area contributed by atoms with Gasteiger partial charge in [0, 0.05) is 6.26 Å². The standard InChI is InChI=1S/C12H16N4O3S/c1-20(17,18)11-5-4-9(19-11)7-16-6-2-3-10(16)12-13-8-14-15-12/h4-5,8,10H,2-3,6-7H2,1H3,(H,13,14,15)/t10-/m0/s1. The minimum atomic E-state index is -3.29. The van der Waals surface area contributed by atoms with Gasteiger partial charge in [-0.25, -0.2) is 13.4 Å². The summed E-state index contributed by atoms with van der Waals surface area (Å²) in [5, 5.41) is 6.79. The summed E-state index contributed by atoms with van der Waals surface area (Å²) in [5.74, 6) is 1.49. The molecule has 3 rings (SSSR count). The number of aromatic amines is 1. The molecule has 108 valence electrons. The average molecular weight is 296 g/mol. The summed E-state index contributed by atoms with van der Waals surface area (Å²) in [7, 11) is -3.29. The molecular formula is C12H16N4O3S. The normalized spacial score (nSPS) is 20.6. The summed E-state index contributed by atoms with van der Waals surface area (Å²) < 4.78 is 28.2. The van der Waals surface area contributed by atoms with Crippen LogP contribution in [0.1, 0.15) is 30.5 Å². The lowest BCUT2D eigenvalue weighted by molar-refractivity contribution is 0.215. The smallest absolute Gasteiger partial charge is 0.217 e. The van der Waals surface area contributed by atoms with E-state index in [1.165, 1.54) is 12.4 Å². The summed E-state index contributed by atoms with van der Waals surface area (Å²) in [6, 6.07) is 3.40. The van der Waals surface area contributed by atoms with Crippen molar-refractivity contribution in [3.8, 4) is 0 Å². The van der Waals surface area contributed by atoms with E-state index in [1.807, 2.05) is 0 Å². The molecule has 20 heavy (non-hydrogen) atoms. The number of aromatic nitrogens is 3. The number of hydrogen-bond donors (Lipinski definition) is 1. The predicted octanol–water partition coefficient (Wildman–Crippen LogP) is 1.14.